The van der Waals surface area contributed by atoms with Crippen LogP contribution in [0.4, 0.5) is 0 Å². The lowest BCUT2D eigenvalue weighted by atomic mass is 9.91. The summed E-state index contributed by atoms with van der Waals surface area (Å²) in [7, 11) is -1.71. The molecule has 3 heterocycles. The van der Waals surface area contributed by atoms with Gasteiger partial charge < -0.3 is 0 Å². The van der Waals surface area contributed by atoms with E-state index in [0.717, 1.165) is 44.3 Å². The third-order valence-electron chi connectivity index (χ3n) is 10.7. The molecule has 0 fully saturated rings. The van der Waals surface area contributed by atoms with Crippen LogP contribution >= 0.6 is 0 Å². The number of hydrogen-bond donors (Lipinski definition) is 0. The van der Waals surface area contributed by atoms with Crippen molar-refractivity contribution < 1.29 is 0 Å². The van der Waals surface area contributed by atoms with Gasteiger partial charge in [-0.15, -0.1) is 0 Å². The van der Waals surface area contributed by atoms with Crippen LogP contribution in [0.15, 0.2) is 158 Å². The summed E-state index contributed by atoms with van der Waals surface area (Å²) in [5.74, 6) is 0. The fourth-order valence-electron chi connectivity index (χ4n) is 8.16. The number of fused-ring (bicyclic) bond motifs is 9. The molecule has 0 amide bonds. The lowest BCUT2D eigenvalue weighted by molar-refractivity contribution is 1.37. The zero-order valence-electron chi connectivity index (χ0n) is 27.4. The van der Waals surface area contributed by atoms with Crippen molar-refractivity contribution in [2.45, 2.75) is 13.1 Å². The molecule has 0 aliphatic carbocycles. The molecule has 0 saturated carbocycles. The Morgan fingerprint density at radius 2 is 1.00 bits per heavy atom. The van der Waals surface area contributed by atoms with Gasteiger partial charge in [-0.3, -0.25) is 0 Å². The van der Waals surface area contributed by atoms with E-state index in [1.165, 1.54) is 43.8 Å². The van der Waals surface area contributed by atoms with Crippen molar-refractivity contribution in [2.24, 2.45) is 0 Å². The van der Waals surface area contributed by atoms with Crippen LogP contribution in [0, 0.1) is 0 Å². The summed E-state index contributed by atoms with van der Waals surface area (Å²) in [4.78, 5) is 10.4. The van der Waals surface area contributed by atoms with E-state index in [1.807, 2.05) is 6.07 Å². The van der Waals surface area contributed by atoms with Gasteiger partial charge in [-0.2, -0.15) is 0 Å². The van der Waals surface area contributed by atoms with Crippen molar-refractivity contribution in [1.82, 2.24) is 9.97 Å². The molecule has 10 rings (SSSR count). The summed E-state index contributed by atoms with van der Waals surface area (Å²) in [6.45, 7) is 4.97. The van der Waals surface area contributed by atoms with E-state index in [2.05, 4.69) is 165 Å². The van der Waals surface area contributed by atoms with Gasteiger partial charge in [-0.25, -0.2) is 9.97 Å². The smallest absolute Gasteiger partial charge is 0.113 e. The molecule has 0 unspecified atom stereocenters. The number of aromatic nitrogens is 2. The van der Waals surface area contributed by atoms with Gasteiger partial charge in [0, 0.05) is 21.9 Å². The van der Waals surface area contributed by atoms with Gasteiger partial charge in [0.2, 0.25) is 0 Å². The number of benzene rings is 7. The Morgan fingerprint density at radius 3 is 1.80 bits per heavy atom. The molecule has 2 aromatic heterocycles. The van der Waals surface area contributed by atoms with Crippen LogP contribution in [-0.4, -0.2) is 18.0 Å². The van der Waals surface area contributed by atoms with E-state index < -0.39 is 8.07 Å². The molecule has 9 aromatic rings. The Hall–Kier alpha value is -5.90. The van der Waals surface area contributed by atoms with Crippen molar-refractivity contribution >= 4 is 61.8 Å². The molecule has 0 radical (unpaired) electrons. The highest BCUT2D eigenvalue weighted by Gasteiger charge is 2.37. The van der Waals surface area contributed by atoms with E-state index in [0.29, 0.717) is 0 Å². The third-order valence-corrected chi connectivity index (χ3v) is 14.2. The van der Waals surface area contributed by atoms with Gasteiger partial charge in [0.1, 0.15) is 8.07 Å². The molecule has 0 atom stereocenters. The molecule has 7 aromatic carbocycles. The summed E-state index contributed by atoms with van der Waals surface area (Å²) < 4.78 is 0. The number of nitrogens with zero attached hydrogens (tertiary/aromatic N) is 2. The first-order valence-electron chi connectivity index (χ1n) is 17.0. The van der Waals surface area contributed by atoms with Crippen molar-refractivity contribution in [3.05, 3.63) is 158 Å². The first kappa shape index (κ1) is 28.1. The van der Waals surface area contributed by atoms with Gasteiger partial charge in [0.15, 0.2) is 0 Å². The quantitative estimate of drug-likeness (QED) is 0.142. The summed E-state index contributed by atoms with van der Waals surface area (Å²) in [6.07, 6.45) is 0. The Morgan fingerprint density at radius 1 is 0.388 bits per heavy atom. The fourth-order valence-corrected chi connectivity index (χ4v) is 11.2. The molecule has 0 spiro atoms. The SMILES string of the molecule is C[Si]1(C)c2ccccc2-c2c1ccc1cc(-c3ccc(-c4ccc5ccc6ccc(-c7ccccc7)nc6c5n4)c4ccccc34)ccc21. The van der Waals surface area contributed by atoms with E-state index in [4.69, 9.17) is 9.97 Å². The lowest BCUT2D eigenvalue weighted by Crippen LogP contribution is -2.49. The Kier molecular flexibility index (Phi) is 6.06. The van der Waals surface area contributed by atoms with Crippen LogP contribution < -0.4 is 10.4 Å². The second-order valence-electron chi connectivity index (χ2n) is 13.8. The molecule has 1 aliphatic rings. The normalized spacial score (nSPS) is 13.3. The highest BCUT2D eigenvalue weighted by Crippen LogP contribution is 2.39. The first-order chi connectivity index (χ1) is 24.0. The van der Waals surface area contributed by atoms with E-state index >= 15 is 0 Å². The van der Waals surface area contributed by atoms with Gasteiger partial charge in [0.25, 0.3) is 0 Å². The molecular weight excluding hydrogens is 609 g/mol. The number of rotatable bonds is 3. The minimum atomic E-state index is -1.71. The second-order valence-corrected chi connectivity index (χ2v) is 18.1. The largest absolute Gasteiger partial charge is 0.245 e. The Labute approximate surface area is 286 Å². The molecule has 3 heteroatoms. The standard InChI is InChI=1S/C46H32N2Si/c1-49(2)42-15-9-8-14-39(42)44-35-22-18-32(28-33(35)21-27-43(44)49)34-23-24-38(37-13-7-6-12-36(34)37)41-26-20-31-17-16-30-19-25-40(29-10-4-3-5-11-29)47-45(30)46(31)48-41/h3-28H,1-2H3. The predicted octanol–water partition coefficient (Wildman–Crippen LogP) is 10.9. The molecule has 0 bridgehead atoms. The average molecular weight is 641 g/mol. The average Bonchev–Trinajstić information content (AvgIpc) is 3.40. The van der Waals surface area contributed by atoms with E-state index in [9.17, 15) is 0 Å². The van der Waals surface area contributed by atoms with Crippen molar-refractivity contribution in [3.63, 3.8) is 0 Å². The number of hydrogen-bond acceptors (Lipinski definition) is 2. The van der Waals surface area contributed by atoms with Crippen LogP contribution in [-0.2, 0) is 0 Å². The summed E-state index contributed by atoms with van der Waals surface area (Å²) >= 11 is 0. The molecule has 0 N–H and O–H groups in total. The first-order valence-corrected chi connectivity index (χ1v) is 20.0. The summed E-state index contributed by atoms with van der Waals surface area (Å²) in [5, 5.41) is 10.3. The van der Waals surface area contributed by atoms with Gasteiger partial charge in [-0.05, 0) is 72.4 Å². The summed E-state index contributed by atoms with van der Waals surface area (Å²) in [5.41, 5.74) is 11.3. The van der Waals surface area contributed by atoms with Crippen LogP contribution in [0.25, 0.3) is 88.1 Å². The monoisotopic (exact) mass is 640 g/mol. The zero-order chi connectivity index (χ0) is 32.7. The maximum atomic E-state index is 5.31. The van der Waals surface area contributed by atoms with Gasteiger partial charge in [0.05, 0.1) is 22.4 Å². The third kappa shape index (κ3) is 4.26. The van der Waals surface area contributed by atoms with Gasteiger partial charge in [-0.1, -0.05) is 153 Å². The highest BCUT2D eigenvalue weighted by atomic mass is 28.3. The van der Waals surface area contributed by atoms with Crippen molar-refractivity contribution in [3.8, 4) is 44.8 Å². The topological polar surface area (TPSA) is 25.8 Å². The van der Waals surface area contributed by atoms with Crippen LogP contribution in [0.5, 0.6) is 0 Å². The lowest BCUT2D eigenvalue weighted by Gasteiger charge is -2.19. The molecule has 2 nitrogen and oxygen atoms in total. The minimum absolute atomic E-state index is 0.927. The van der Waals surface area contributed by atoms with Crippen molar-refractivity contribution in [1.29, 1.82) is 0 Å². The van der Waals surface area contributed by atoms with E-state index in [1.54, 1.807) is 10.4 Å². The molecule has 0 saturated heterocycles. The van der Waals surface area contributed by atoms with Crippen LogP contribution in [0.1, 0.15) is 0 Å². The van der Waals surface area contributed by atoms with Crippen LogP contribution in [0.2, 0.25) is 13.1 Å². The fraction of sp³-hybridized carbons (Fsp3) is 0.0435. The number of pyridine rings is 2. The molecule has 49 heavy (non-hydrogen) atoms. The van der Waals surface area contributed by atoms with Crippen molar-refractivity contribution in [2.75, 3.05) is 0 Å². The van der Waals surface area contributed by atoms with E-state index in [-0.39, 0.29) is 0 Å². The Balaban J connectivity index is 1.11. The molecule has 1 aliphatic heterocycles. The summed E-state index contributed by atoms with van der Waals surface area (Å²) in [6, 6.07) is 57.3. The predicted molar refractivity (Wildman–Crippen MR) is 211 cm³/mol. The zero-order valence-corrected chi connectivity index (χ0v) is 28.4. The minimum Gasteiger partial charge on any atom is -0.245 e. The maximum Gasteiger partial charge on any atom is 0.113 e. The second kappa shape index (κ2) is 10.5. The Bertz CT molecular complexity index is 2800. The van der Waals surface area contributed by atoms with Crippen LogP contribution in [0.3, 0.4) is 0 Å². The molecule has 230 valence electrons. The maximum absolute atomic E-state index is 5.31. The van der Waals surface area contributed by atoms with Gasteiger partial charge >= 0.3 is 0 Å². The molecular formula is C46H32N2Si. The highest BCUT2D eigenvalue weighted by molar-refractivity contribution is 7.04.